The number of nitrogens with one attached hydrogen (secondary N) is 1. The summed E-state index contributed by atoms with van der Waals surface area (Å²) in [5.41, 5.74) is 1.39. The number of hydrogen-bond donors (Lipinski definition) is 2. The summed E-state index contributed by atoms with van der Waals surface area (Å²) in [5, 5.41) is 24.4. The fraction of sp³-hybridized carbons (Fsp3) is 0.333. The molecule has 1 saturated heterocycles. The number of rotatable bonds is 10. The molecule has 2 N–H and O–H groups in total. The summed E-state index contributed by atoms with van der Waals surface area (Å²) in [7, 11) is 0. The molecule has 1 amide bonds. The molecule has 170 valence electrons. The third kappa shape index (κ3) is 7.73. The van der Waals surface area contributed by atoms with E-state index in [-0.39, 0.29) is 17.7 Å². The summed E-state index contributed by atoms with van der Waals surface area (Å²) in [6.07, 6.45) is 16.5. The van der Waals surface area contributed by atoms with Crippen molar-refractivity contribution in [2.24, 2.45) is 5.92 Å². The average molecular weight is 435 g/mol. The molecular weight excluding hydrogens is 402 g/mol. The minimum atomic E-state index is -0.764. The number of Topliss-reactive ketones (excluding diaryl/α,β-unsaturated/α-hetero) is 1. The molecule has 0 spiro atoms. The topological polar surface area (TPSA) is 89.5 Å². The molecule has 0 radical (unpaired) electrons. The highest BCUT2D eigenvalue weighted by atomic mass is 16.3. The first-order chi connectivity index (χ1) is 15.3. The Kier molecular flexibility index (Phi) is 9.74. The molecule has 0 saturated carbocycles. The quantitative estimate of drug-likeness (QED) is 0.252. The largest absolute Gasteiger partial charge is 0.872 e. The minimum absolute atomic E-state index is 0.127. The fourth-order valence-corrected chi connectivity index (χ4v) is 3.40. The zero-order valence-electron chi connectivity index (χ0n) is 19.0. The maximum absolute atomic E-state index is 12.6. The van der Waals surface area contributed by atoms with E-state index < -0.39 is 23.5 Å². The van der Waals surface area contributed by atoms with E-state index in [0.29, 0.717) is 5.92 Å². The van der Waals surface area contributed by atoms with E-state index >= 15 is 0 Å². The molecule has 1 aromatic rings. The van der Waals surface area contributed by atoms with Crippen LogP contribution in [0.1, 0.15) is 45.6 Å². The lowest BCUT2D eigenvalue weighted by Crippen LogP contribution is -2.31. The second kappa shape index (κ2) is 12.5. The summed E-state index contributed by atoms with van der Waals surface area (Å²) >= 11 is 0. The number of phenolic OH excluding ortho intramolecular Hbond substituents is 1. The number of benzene rings is 1. The van der Waals surface area contributed by atoms with Gasteiger partial charge in [0.1, 0.15) is 5.75 Å². The molecule has 1 aromatic carbocycles. The standard InChI is InChI=1S/C27H33NO4/c1-4-5-6-7-9-19(2)10-8-11-20(3)12-17-24(30)25-26(31)23(28-27(25)32)18-21-13-15-22(29)16-14-21/h4-7,11-17,19,23,29-30H,8-10,18H2,1-3H3,(H,28,32)/p-1/b5-4-,7-6+,17-12+,20-11+,25-24+/t19-,23+/m1/s1. The molecule has 0 aliphatic carbocycles. The smallest absolute Gasteiger partial charge is 0.254 e. The van der Waals surface area contributed by atoms with Crippen LogP contribution >= 0.6 is 0 Å². The Balaban J connectivity index is 1.93. The normalized spacial score (nSPS) is 20.0. The van der Waals surface area contributed by atoms with Crippen LogP contribution in [0, 0.1) is 5.92 Å². The number of carbonyl (C=O) groups is 2. The van der Waals surface area contributed by atoms with Crippen LogP contribution in [0.15, 0.2) is 83.7 Å². The number of carbonyl (C=O) groups excluding carboxylic acids is 2. The second-order valence-electron chi connectivity index (χ2n) is 8.15. The third-order valence-corrected chi connectivity index (χ3v) is 5.32. The van der Waals surface area contributed by atoms with E-state index in [4.69, 9.17) is 0 Å². The molecule has 5 nitrogen and oxygen atoms in total. The summed E-state index contributed by atoms with van der Waals surface area (Å²) in [6.45, 7) is 6.09. The number of ketones is 1. The van der Waals surface area contributed by atoms with Crippen LogP contribution in [0.3, 0.4) is 0 Å². The zero-order valence-corrected chi connectivity index (χ0v) is 19.0. The van der Waals surface area contributed by atoms with E-state index in [1.54, 1.807) is 18.2 Å². The highest BCUT2D eigenvalue weighted by Crippen LogP contribution is 2.19. The highest BCUT2D eigenvalue weighted by Gasteiger charge is 2.35. The van der Waals surface area contributed by atoms with Crippen molar-refractivity contribution in [2.45, 2.75) is 52.5 Å². The van der Waals surface area contributed by atoms with Gasteiger partial charge in [0, 0.05) is 6.42 Å². The maximum atomic E-state index is 12.6. The molecule has 5 heteroatoms. The van der Waals surface area contributed by atoms with Gasteiger partial charge in [-0.2, -0.15) is 0 Å². The predicted octanol–water partition coefficient (Wildman–Crippen LogP) is 4.06. The van der Waals surface area contributed by atoms with Crippen LogP contribution in [0.2, 0.25) is 0 Å². The van der Waals surface area contributed by atoms with Gasteiger partial charge in [-0.3, -0.25) is 9.59 Å². The molecule has 0 unspecified atom stereocenters. The summed E-state index contributed by atoms with van der Waals surface area (Å²) in [6, 6.07) is 5.64. The van der Waals surface area contributed by atoms with Crippen LogP contribution in [0.5, 0.6) is 5.75 Å². The Morgan fingerprint density at radius 1 is 1.19 bits per heavy atom. The van der Waals surface area contributed by atoms with Gasteiger partial charge in [-0.05, 0) is 56.7 Å². The van der Waals surface area contributed by atoms with Crippen LogP contribution < -0.4 is 10.4 Å². The summed E-state index contributed by atoms with van der Waals surface area (Å²) in [4.78, 5) is 24.8. The van der Waals surface area contributed by atoms with Crippen molar-refractivity contribution in [1.82, 2.24) is 5.32 Å². The number of phenols is 1. The number of allylic oxidation sites excluding steroid dienone is 8. The van der Waals surface area contributed by atoms with Gasteiger partial charge in [-0.15, -0.1) is 0 Å². The van der Waals surface area contributed by atoms with E-state index in [1.165, 1.54) is 18.2 Å². The summed E-state index contributed by atoms with van der Waals surface area (Å²) in [5.74, 6) is -1.00. The molecule has 0 aromatic heterocycles. The van der Waals surface area contributed by atoms with E-state index in [2.05, 4.69) is 30.5 Å². The van der Waals surface area contributed by atoms with Gasteiger partial charge in [0.25, 0.3) is 5.91 Å². The Morgan fingerprint density at radius 3 is 2.59 bits per heavy atom. The van der Waals surface area contributed by atoms with Crippen molar-refractivity contribution in [3.05, 3.63) is 89.3 Å². The number of aromatic hydroxyl groups is 1. The van der Waals surface area contributed by atoms with E-state index in [1.807, 2.05) is 26.0 Å². The van der Waals surface area contributed by atoms with Crippen molar-refractivity contribution in [2.75, 3.05) is 0 Å². The molecule has 1 fully saturated rings. The molecule has 1 aliphatic rings. The SMILES string of the molecule is C/C=C\C=C\C[C@@H](C)CC/C=C(C)/C=C/C([O-])=C1\C(=O)N[C@@H](Cc2ccc(O)cc2)C1=O. The molecule has 1 aliphatic heterocycles. The van der Waals surface area contributed by atoms with Gasteiger partial charge in [0.2, 0.25) is 0 Å². The Morgan fingerprint density at radius 2 is 1.91 bits per heavy atom. The van der Waals surface area contributed by atoms with Gasteiger partial charge < -0.3 is 15.5 Å². The molecule has 2 atom stereocenters. The van der Waals surface area contributed by atoms with Crippen LogP contribution in [0.4, 0.5) is 0 Å². The predicted molar refractivity (Wildman–Crippen MR) is 126 cm³/mol. The Labute approximate surface area is 190 Å². The van der Waals surface area contributed by atoms with Gasteiger partial charge in [0.05, 0.1) is 11.6 Å². The van der Waals surface area contributed by atoms with Crippen molar-refractivity contribution in [1.29, 1.82) is 0 Å². The zero-order chi connectivity index (χ0) is 23.5. The van der Waals surface area contributed by atoms with Crippen molar-refractivity contribution in [3.63, 3.8) is 0 Å². The van der Waals surface area contributed by atoms with Crippen LogP contribution in [0.25, 0.3) is 0 Å². The highest BCUT2D eigenvalue weighted by molar-refractivity contribution is 6.27. The lowest BCUT2D eigenvalue weighted by atomic mass is 10.00. The molecular formula is C27H32NO4-. The third-order valence-electron chi connectivity index (χ3n) is 5.32. The maximum Gasteiger partial charge on any atom is 0.254 e. The Bertz CT molecular complexity index is 948. The summed E-state index contributed by atoms with van der Waals surface area (Å²) < 4.78 is 0. The van der Waals surface area contributed by atoms with Crippen molar-refractivity contribution < 1.29 is 19.8 Å². The number of hydrogen-bond acceptors (Lipinski definition) is 4. The van der Waals surface area contributed by atoms with Gasteiger partial charge in [0.15, 0.2) is 5.78 Å². The fourth-order valence-electron chi connectivity index (χ4n) is 3.40. The first-order valence-electron chi connectivity index (χ1n) is 11.0. The molecule has 0 bridgehead atoms. The minimum Gasteiger partial charge on any atom is -0.872 e. The molecule has 32 heavy (non-hydrogen) atoms. The second-order valence-corrected chi connectivity index (χ2v) is 8.15. The van der Waals surface area contributed by atoms with Crippen LogP contribution in [-0.2, 0) is 16.0 Å². The first kappa shape index (κ1) is 24.9. The number of amides is 1. The van der Waals surface area contributed by atoms with E-state index in [9.17, 15) is 19.8 Å². The lowest BCUT2D eigenvalue weighted by Gasteiger charge is -2.10. The molecule has 1 heterocycles. The molecule has 2 rings (SSSR count). The van der Waals surface area contributed by atoms with Gasteiger partial charge >= 0.3 is 0 Å². The van der Waals surface area contributed by atoms with Gasteiger partial charge in [-0.1, -0.05) is 72.9 Å². The monoisotopic (exact) mass is 434 g/mol. The van der Waals surface area contributed by atoms with Crippen molar-refractivity contribution in [3.8, 4) is 5.75 Å². The van der Waals surface area contributed by atoms with E-state index in [0.717, 1.165) is 30.4 Å². The van der Waals surface area contributed by atoms with Crippen LogP contribution in [-0.4, -0.2) is 22.8 Å². The van der Waals surface area contributed by atoms with Crippen molar-refractivity contribution >= 4 is 11.7 Å². The van der Waals surface area contributed by atoms with Gasteiger partial charge in [-0.25, -0.2) is 0 Å². The average Bonchev–Trinajstić information content (AvgIpc) is 3.04. The first-order valence-corrected chi connectivity index (χ1v) is 11.0. The Hall–Kier alpha value is -3.34. The lowest BCUT2D eigenvalue weighted by molar-refractivity contribution is -0.295.